The first-order valence-corrected chi connectivity index (χ1v) is 3.67. The molecule has 0 atom stereocenters. The molecule has 0 N–H and O–H groups in total. The van der Waals surface area contributed by atoms with Gasteiger partial charge in [-0.25, -0.2) is 0 Å². The number of hydrogen-bond donors (Lipinski definition) is 0. The Hall–Kier alpha value is 0.519. The molecule has 57 valence electrons. The van der Waals surface area contributed by atoms with Gasteiger partial charge in [0, 0.05) is 18.3 Å². The summed E-state index contributed by atoms with van der Waals surface area (Å²) < 4.78 is 17.0. The van der Waals surface area contributed by atoms with E-state index in [9.17, 15) is 0 Å². The van der Waals surface area contributed by atoms with E-state index >= 15 is 0 Å². The van der Waals surface area contributed by atoms with Crippen molar-refractivity contribution in [3.8, 4) is 0 Å². The van der Waals surface area contributed by atoms with Crippen LogP contribution in [0.15, 0.2) is 0 Å². The molecule has 0 aliphatic rings. The summed E-state index contributed by atoms with van der Waals surface area (Å²) in [5, 5.41) is 0. The molecule has 0 saturated heterocycles. The molecule has 6 nitrogen and oxygen atoms in total. The van der Waals surface area contributed by atoms with Gasteiger partial charge in [-0.2, -0.15) is 0 Å². The van der Waals surface area contributed by atoms with E-state index in [1.807, 2.05) is 0 Å². The fourth-order valence-electron chi connectivity index (χ4n) is 0. The van der Waals surface area contributed by atoms with Crippen molar-refractivity contribution in [3.63, 3.8) is 0 Å². The smallest absolute Gasteiger partial charge is 0.672 e. The fraction of sp³-hybridized carbons (Fsp3) is 0. The van der Waals surface area contributed by atoms with E-state index in [0.717, 1.165) is 0 Å². The molecule has 0 aliphatic carbocycles. The largest absolute Gasteiger partial charge is 2.00 e. The number of hydrogen-bond acceptors (Lipinski definition) is 6. The van der Waals surface area contributed by atoms with Crippen LogP contribution in [0.3, 0.4) is 0 Å². The zero-order valence-corrected chi connectivity index (χ0v) is 8.81. The van der Waals surface area contributed by atoms with E-state index in [1.54, 1.807) is 0 Å². The second-order valence-electron chi connectivity index (χ2n) is 0.500. The molecule has 0 amide bonds. The molecule has 0 aromatic rings. The summed E-state index contributed by atoms with van der Waals surface area (Å²) in [7, 11) is -7.26. The summed E-state index contributed by atoms with van der Waals surface area (Å²) in [6.45, 7) is 0. The molecule has 0 unspecified atom stereocenters. The first kappa shape index (κ1) is 22.4. The molecule has 0 aromatic carbocycles. The van der Waals surface area contributed by atoms with Gasteiger partial charge in [-0.1, -0.05) is 0 Å². The van der Waals surface area contributed by atoms with Crippen molar-refractivity contribution in [1.82, 2.24) is 0 Å². The van der Waals surface area contributed by atoms with E-state index in [0.29, 0.717) is 0 Å². The van der Waals surface area contributed by atoms with E-state index < -0.39 is 18.3 Å². The van der Waals surface area contributed by atoms with E-state index in [-0.39, 0.29) is 40.1 Å². The van der Waals surface area contributed by atoms with Gasteiger partial charge in [0.25, 0.3) is 0 Å². The fourth-order valence-corrected chi connectivity index (χ4v) is 0. The van der Waals surface area contributed by atoms with Gasteiger partial charge in [-0.3, -0.25) is 0 Å². The average molecular weight is 240 g/mol. The topological polar surface area (TPSA) is 126 Å². The summed E-state index contributed by atoms with van der Waals surface area (Å²) in [5.41, 5.74) is 0. The van der Waals surface area contributed by atoms with Gasteiger partial charge in [0.05, 0.1) is 0 Å². The molecule has 10 heavy (non-hydrogen) atoms. The molecule has 1 radical (unpaired) electrons. The van der Waals surface area contributed by atoms with Gasteiger partial charge in [0.2, 0.25) is 0 Å². The molecule has 0 bridgehead atoms. The minimum atomic E-state index is -3.63. The predicted molar refractivity (Wildman–Crippen MR) is 18.6 cm³/mol. The Kier molecular flexibility index (Phi) is 36.5. The Morgan fingerprint density at radius 3 is 0.800 bits per heavy atom. The summed E-state index contributed by atoms with van der Waals surface area (Å²) in [6.07, 6.45) is 0. The van der Waals surface area contributed by atoms with Crippen LogP contribution in [0.1, 0.15) is 0 Å². The van der Waals surface area contributed by atoms with Crippen LogP contribution >= 0.6 is 0 Å². The Balaban J connectivity index is -0.0000000300. The third kappa shape index (κ3) is 1790. The molecule has 0 aromatic heterocycles. The second kappa shape index (κ2) is 16.3. The molecular weight excluding hydrogens is 240 g/mol. The van der Waals surface area contributed by atoms with Crippen molar-refractivity contribution >= 4 is 41.4 Å². The quantitative estimate of drug-likeness (QED) is 0.387. The summed E-state index contributed by atoms with van der Waals surface area (Å²) in [6, 6.07) is 0. The van der Waals surface area contributed by atoms with Crippen molar-refractivity contribution in [1.29, 1.82) is 0 Å². The molecular formula is CuMgO6Si2. The Bertz CT molecular complexity index is 73.7. The Labute approximate surface area is 86.3 Å². The normalized spacial score (nSPS) is 4.80. The summed E-state index contributed by atoms with van der Waals surface area (Å²) in [5.74, 6) is 0. The van der Waals surface area contributed by atoms with E-state index in [4.69, 9.17) is 28.1 Å². The van der Waals surface area contributed by atoms with Gasteiger partial charge in [0.15, 0.2) is 0 Å². The van der Waals surface area contributed by atoms with Crippen molar-refractivity contribution < 1.29 is 45.2 Å². The third-order valence-electron chi connectivity index (χ3n) is 0. The number of rotatable bonds is 0. The third-order valence-corrected chi connectivity index (χ3v) is 0. The zero-order valence-electron chi connectivity index (χ0n) is 4.46. The molecule has 0 heterocycles. The maximum atomic E-state index is 8.52. The van der Waals surface area contributed by atoms with Crippen LogP contribution < -0.4 is 19.2 Å². The maximum absolute atomic E-state index is 8.52. The minimum absolute atomic E-state index is 0. The molecule has 0 fully saturated rings. The van der Waals surface area contributed by atoms with E-state index in [2.05, 4.69) is 0 Å². The second-order valence-corrected chi connectivity index (χ2v) is 1.50. The van der Waals surface area contributed by atoms with Crippen molar-refractivity contribution in [2.24, 2.45) is 0 Å². The van der Waals surface area contributed by atoms with Gasteiger partial charge >= 0.3 is 40.1 Å². The molecule has 0 rings (SSSR count). The van der Waals surface area contributed by atoms with Gasteiger partial charge in [-0.15, -0.1) is 0 Å². The first-order valence-electron chi connectivity index (χ1n) is 1.22. The Morgan fingerprint density at radius 2 is 0.800 bits per heavy atom. The molecule has 0 aliphatic heterocycles. The van der Waals surface area contributed by atoms with Crippen LogP contribution in [0.2, 0.25) is 0 Å². The van der Waals surface area contributed by atoms with Gasteiger partial charge in [0.1, 0.15) is 0 Å². The molecule has 10 heteroatoms. The van der Waals surface area contributed by atoms with Crippen molar-refractivity contribution in [3.05, 3.63) is 0 Å². The monoisotopic (exact) mass is 239 g/mol. The van der Waals surface area contributed by atoms with Crippen LogP contribution in [-0.2, 0) is 26.0 Å². The van der Waals surface area contributed by atoms with Gasteiger partial charge < -0.3 is 28.1 Å². The molecule has 0 saturated carbocycles. The maximum Gasteiger partial charge on any atom is 2.00 e. The van der Waals surface area contributed by atoms with Crippen LogP contribution in [0.25, 0.3) is 0 Å². The summed E-state index contributed by atoms with van der Waals surface area (Å²) >= 11 is 0. The average Bonchev–Trinajstić information content (AvgIpc) is 1.25. The zero-order chi connectivity index (χ0) is 7.15. The Morgan fingerprint density at radius 1 is 0.800 bits per heavy atom. The van der Waals surface area contributed by atoms with Gasteiger partial charge in [-0.05, 0) is 0 Å². The van der Waals surface area contributed by atoms with Crippen LogP contribution in [0, 0.1) is 0 Å². The standard InChI is InChI=1S/Cu.Mg.2O3Si/c;;2*1-4(2)3/q2*+2;2*-2. The van der Waals surface area contributed by atoms with Crippen LogP contribution in [0.4, 0.5) is 0 Å². The van der Waals surface area contributed by atoms with Crippen molar-refractivity contribution in [2.45, 2.75) is 0 Å². The van der Waals surface area contributed by atoms with Crippen molar-refractivity contribution in [2.75, 3.05) is 0 Å². The van der Waals surface area contributed by atoms with Crippen LogP contribution in [0.5, 0.6) is 0 Å². The molecule has 0 spiro atoms. The predicted octanol–water partition coefficient (Wildman–Crippen LogP) is -6.14. The summed E-state index contributed by atoms with van der Waals surface area (Å²) in [4.78, 5) is 34.1. The van der Waals surface area contributed by atoms with Crippen LogP contribution in [-0.4, -0.2) is 41.4 Å². The van der Waals surface area contributed by atoms with E-state index in [1.165, 1.54) is 0 Å². The SMILES string of the molecule is O=[Si]([O-])[O-].O=[Si]([O-])[O-].[Cu+2].[Mg+2]. The minimum Gasteiger partial charge on any atom is -0.672 e. The first-order chi connectivity index (χ1) is 3.46.